The quantitative estimate of drug-likeness (QED) is 0.577. The van der Waals surface area contributed by atoms with Crippen molar-refractivity contribution in [1.82, 2.24) is 10.3 Å². The third kappa shape index (κ3) is 5.20. The van der Waals surface area contributed by atoms with Gasteiger partial charge in [-0.1, -0.05) is 68.1 Å². The zero-order valence-electron chi connectivity index (χ0n) is 15.2. The molecule has 3 rings (SSSR count). The summed E-state index contributed by atoms with van der Waals surface area (Å²) in [7, 11) is 0. The van der Waals surface area contributed by atoms with E-state index in [1.165, 1.54) is 23.9 Å². The second-order valence-corrected chi connectivity index (χ2v) is 7.41. The molecule has 0 spiro atoms. The van der Waals surface area contributed by atoms with Gasteiger partial charge in [-0.05, 0) is 23.6 Å². The first-order valence-corrected chi connectivity index (χ1v) is 9.70. The minimum atomic E-state index is -0.291. The van der Waals surface area contributed by atoms with E-state index in [4.69, 9.17) is 4.42 Å². The van der Waals surface area contributed by atoms with Crippen molar-refractivity contribution < 1.29 is 13.6 Å². The van der Waals surface area contributed by atoms with E-state index in [2.05, 4.69) is 10.3 Å². The molecule has 6 heteroatoms. The lowest BCUT2D eigenvalue weighted by molar-refractivity contribution is -0.119. The Morgan fingerprint density at radius 1 is 1.15 bits per heavy atom. The Labute approximate surface area is 162 Å². The van der Waals surface area contributed by atoms with E-state index >= 15 is 0 Å². The number of benzene rings is 2. The number of oxazole rings is 1. The second kappa shape index (κ2) is 8.86. The van der Waals surface area contributed by atoms with E-state index in [-0.39, 0.29) is 29.4 Å². The standard InChI is InChI=1S/C21H21FN2O2S/c1-14(2)20(16-8-10-17(22)11-9-16)24-19(25)13-27-21-23-12-18(26-21)15-6-4-3-5-7-15/h3-12,14,20H,13H2,1-2H3,(H,24,25)/t20-/m1/s1. The van der Waals surface area contributed by atoms with E-state index < -0.39 is 0 Å². The molecule has 0 saturated carbocycles. The highest BCUT2D eigenvalue weighted by atomic mass is 32.2. The van der Waals surface area contributed by atoms with Crippen molar-refractivity contribution >= 4 is 17.7 Å². The van der Waals surface area contributed by atoms with Crippen LogP contribution in [0.15, 0.2) is 70.4 Å². The normalized spacial score (nSPS) is 12.1. The molecule has 140 valence electrons. The Kier molecular flexibility index (Phi) is 6.29. The molecule has 0 fully saturated rings. The number of halogens is 1. The monoisotopic (exact) mass is 384 g/mol. The maximum Gasteiger partial charge on any atom is 0.256 e. The maximum absolute atomic E-state index is 13.1. The van der Waals surface area contributed by atoms with Crippen LogP contribution in [-0.2, 0) is 4.79 Å². The first kappa shape index (κ1) is 19.2. The molecule has 0 bridgehead atoms. The number of hydrogen-bond acceptors (Lipinski definition) is 4. The number of carbonyl (C=O) groups is 1. The van der Waals surface area contributed by atoms with Crippen LogP contribution in [0.4, 0.5) is 4.39 Å². The first-order valence-electron chi connectivity index (χ1n) is 8.72. The Bertz CT molecular complexity index is 879. The summed E-state index contributed by atoms with van der Waals surface area (Å²) in [4.78, 5) is 16.6. The molecule has 0 saturated heterocycles. The molecule has 1 amide bonds. The summed E-state index contributed by atoms with van der Waals surface area (Å²) in [5, 5.41) is 3.46. The van der Waals surface area contributed by atoms with Gasteiger partial charge in [-0.3, -0.25) is 4.79 Å². The summed E-state index contributed by atoms with van der Waals surface area (Å²) in [5.74, 6) is 0.628. The van der Waals surface area contributed by atoms with Crippen LogP contribution in [0.1, 0.15) is 25.5 Å². The number of amides is 1. The number of aromatic nitrogens is 1. The van der Waals surface area contributed by atoms with Crippen LogP contribution < -0.4 is 5.32 Å². The molecule has 0 aliphatic carbocycles. The topological polar surface area (TPSA) is 55.1 Å². The SMILES string of the molecule is CC(C)[C@@H](NC(=O)CSc1ncc(-c2ccccc2)o1)c1ccc(F)cc1. The highest BCUT2D eigenvalue weighted by molar-refractivity contribution is 7.99. The molecule has 4 nitrogen and oxygen atoms in total. The Balaban J connectivity index is 1.58. The van der Waals surface area contributed by atoms with Gasteiger partial charge in [0, 0.05) is 5.56 Å². The third-order valence-electron chi connectivity index (χ3n) is 4.08. The van der Waals surface area contributed by atoms with Gasteiger partial charge in [0.25, 0.3) is 5.22 Å². The minimum Gasteiger partial charge on any atom is -0.431 e. The van der Waals surface area contributed by atoms with Gasteiger partial charge in [-0.25, -0.2) is 9.37 Å². The summed E-state index contributed by atoms with van der Waals surface area (Å²) in [6.45, 7) is 4.03. The van der Waals surface area contributed by atoms with Gasteiger partial charge in [0.1, 0.15) is 5.82 Å². The first-order chi connectivity index (χ1) is 13.0. The van der Waals surface area contributed by atoms with E-state index in [0.717, 1.165) is 11.1 Å². The number of nitrogens with zero attached hydrogens (tertiary/aromatic N) is 1. The molecular formula is C21H21FN2O2S. The molecule has 1 heterocycles. The predicted molar refractivity (Wildman–Crippen MR) is 105 cm³/mol. The van der Waals surface area contributed by atoms with Crippen molar-refractivity contribution in [2.75, 3.05) is 5.75 Å². The number of rotatable bonds is 7. The average Bonchev–Trinajstić information content (AvgIpc) is 3.15. The molecule has 2 aromatic carbocycles. The lowest BCUT2D eigenvalue weighted by Crippen LogP contribution is -2.33. The van der Waals surface area contributed by atoms with Crippen LogP contribution in [0.5, 0.6) is 0 Å². The molecule has 3 aromatic rings. The van der Waals surface area contributed by atoms with Crippen LogP contribution in [0.2, 0.25) is 0 Å². The summed E-state index contributed by atoms with van der Waals surface area (Å²) < 4.78 is 18.8. The molecular weight excluding hydrogens is 363 g/mol. The Hall–Kier alpha value is -2.60. The van der Waals surface area contributed by atoms with Crippen LogP contribution in [0, 0.1) is 11.7 Å². The lowest BCUT2D eigenvalue weighted by Gasteiger charge is -2.22. The van der Waals surface area contributed by atoms with Crippen molar-refractivity contribution in [3.05, 3.63) is 72.2 Å². The fraction of sp³-hybridized carbons (Fsp3) is 0.238. The van der Waals surface area contributed by atoms with Crippen molar-refractivity contribution in [3.63, 3.8) is 0 Å². The van der Waals surface area contributed by atoms with Gasteiger partial charge in [-0.2, -0.15) is 0 Å². The summed E-state index contributed by atoms with van der Waals surface area (Å²) in [5.41, 5.74) is 1.82. The fourth-order valence-electron chi connectivity index (χ4n) is 2.71. The summed E-state index contributed by atoms with van der Waals surface area (Å²) >= 11 is 1.25. The highest BCUT2D eigenvalue weighted by Crippen LogP contribution is 2.26. The lowest BCUT2D eigenvalue weighted by atomic mass is 9.96. The number of nitrogens with one attached hydrogen (secondary N) is 1. The second-order valence-electron chi connectivity index (χ2n) is 6.49. The fourth-order valence-corrected chi connectivity index (χ4v) is 3.32. The molecule has 0 aliphatic rings. The van der Waals surface area contributed by atoms with Crippen LogP contribution in [0.3, 0.4) is 0 Å². The summed E-state index contributed by atoms with van der Waals surface area (Å²) in [6.07, 6.45) is 1.66. The summed E-state index contributed by atoms with van der Waals surface area (Å²) in [6, 6.07) is 15.7. The molecule has 27 heavy (non-hydrogen) atoms. The van der Waals surface area contributed by atoms with Crippen LogP contribution in [0.25, 0.3) is 11.3 Å². The third-order valence-corrected chi connectivity index (χ3v) is 4.92. The van der Waals surface area contributed by atoms with Crippen LogP contribution in [-0.4, -0.2) is 16.6 Å². The molecule has 1 N–H and O–H groups in total. The van der Waals surface area contributed by atoms with Crippen molar-refractivity contribution in [3.8, 4) is 11.3 Å². The van der Waals surface area contributed by atoms with Gasteiger partial charge in [0.05, 0.1) is 18.0 Å². The smallest absolute Gasteiger partial charge is 0.256 e. The molecule has 0 unspecified atom stereocenters. The van der Waals surface area contributed by atoms with E-state index in [0.29, 0.717) is 11.0 Å². The Morgan fingerprint density at radius 2 is 1.85 bits per heavy atom. The van der Waals surface area contributed by atoms with E-state index in [9.17, 15) is 9.18 Å². The number of carbonyl (C=O) groups excluding carboxylic acids is 1. The van der Waals surface area contributed by atoms with Crippen molar-refractivity contribution in [2.24, 2.45) is 5.92 Å². The molecule has 1 aromatic heterocycles. The Morgan fingerprint density at radius 3 is 2.52 bits per heavy atom. The zero-order chi connectivity index (χ0) is 19.2. The predicted octanol–water partition coefficient (Wildman–Crippen LogP) is 5.09. The molecule has 0 radical (unpaired) electrons. The van der Waals surface area contributed by atoms with E-state index in [1.807, 2.05) is 44.2 Å². The highest BCUT2D eigenvalue weighted by Gasteiger charge is 2.19. The van der Waals surface area contributed by atoms with E-state index in [1.54, 1.807) is 18.3 Å². The van der Waals surface area contributed by atoms with Crippen molar-refractivity contribution in [2.45, 2.75) is 25.1 Å². The average molecular weight is 384 g/mol. The van der Waals surface area contributed by atoms with Crippen LogP contribution >= 0.6 is 11.8 Å². The van der Waals surface area contributed by atoms with Crippen molar-refractivity contribution in [1.29, 1.82) is 0 Å². The number of thioether (sulfide) groups is 1. The zero-order valence-corrected chi connectivity index (χ0v) is 16.0. The maximum atomic E-state index is 13.1. The van der Waals surface area contributed by atoms with Gasteiger partial charge in [-0.15, -0.1) is 0 Å². The number of hydrogen-bond donors (Lipinski definition) is 1. The largest absolute Gasteiger partial charge is 0.431 e. The van der Waals surface area contributed by atoms with Gasteiger partial charge in [0.2, 0.25) is 5.91 Å². The van der Waals surface area contributed by atoms with Gasteiger partial charge < -0.3 is 9.73 Å². The van der Waals surface area contributed by atoms with Gasteiger partial charge in [0.15, 0.2) is 5.76 Å². The molecule has 1 atom stereocenters. The minimum absolute atomic E-state index is 0.123. The molecule has 0 aliphatic heterocycles. The van der Waals surface area contributed by atoms with Gasteiger partial charge >= 0.3 is 0 Å².